The minimum atomic E-state index is -4.41. The van der Waals surface area contributed by atoms with Gasteiger partial charge in [-0.1, -0.05) is 0 Å². The van der Waals surface area contributed by atoms with Gasteiger partial charge in [-0.3, -0.25) is 4.79 Å². The molecule has 0 unspecified atom stereocenters. The number of amides is 1. The molecule has 0 spiro atoms. The lowest BCUT2D eigenvalue weighted by Crippen LogP contribution is -2.31. The molecule has 0 saturated carbocycles. The van der Waals surface area contributed by atoms with E-state index in [1.165, 1.54) is 12.1 Å². The van der Waals surface area contributed by atoms with Gasteiger partial charge in [0.05, 0.1) is 5.56 Å². The number of benzene rings is 2. The van der Waals surface area contributed by atoms with Gasteiger partial charge in [-0.25, -0.2) is 0 Å². The molecule has 1 heterocycles. The van der Waals surface area contributed by atoms with Gasteiger partial charge in [0.1, 0.15) is 19.3 Å². The van der Waals surface area contributed by atoms with Crippen LogP contribution in [0.2, 0.25) is 0 Å². The first kappa shape index (κ1) is 17.9. The fourth-order valence-corrected chi connectivity index (χ4v) is 2.44. The molecule has 1 aliphatic heterocycles. The highest BCUT2D eigenvalue weighted by Gasteiger charge is 2.30. The van der Waals surface area contributed by atoms with Gasteiger partial charge < -0.3 is 20.1 Å². The van der Waals surface area contributed by atoms with Gasteiger partial charge in [0.25, 0.3) is 0 Å². The highest BCUT2D eigenvalue weighted by Crippen LogP contribution is 2.33. The normalized spacial score (nSPS) is 14.5. The number of halogens is 3. The van der Waals surface area contributed by atoms with Crippen LogP contribution in [0.5, 0.6) is 11.5 Å². The Balaban J connectivity index is 1.61. The van der Waals surface area contributed by atoms with Crippen LogP contribution in [0.4, 0.5) is 24.5 Å². The molecule has 2 N–H and O–H groups in total. The molecule has 0 aliphatic carbocycles. The van der Waals surface area contributed by atoms with E-state index < -0.39 is 17.8 Å². The van der Waals surface area contributed by atoms with Crippen LogP contribution in [0.25, 0.3) is 0 Å². The monoisotopic (exact) mass is 366 g/mol. The SMILES string of the molecule is C[C@@H](Nc1ccc2c(c1)OCCO2)C(=O)Nc1ccc(C(F)(F)F)cc1. The van der Waals surface area contributed by atoms with Gasteiger partial charge >= 0.3 is 6.18 Å². The number of nitrogens with one attached hydrogen (secondary N) is 2. The number of ether oxygens (including phenoxy) is 2. The van der Waals surface area contributed by atoms with Gasteiger partial charge in [0.2, 0.25) is 5.91 Å². The van der Waals surface area contributed by atoms with Crippen molar-refractivity contribution in [1.82, 2.24) is 0 Å². The predicted octanol–water partition coefficient (Wildman–Crippen LogP) is 3.92. The zero-order valence-electron chi connectivity index (χ0n) is 13.9. The van der Waals surface area contributed by atoms with E-state index in [0.717, 1.165) is 12.1 Å². The van der Waals surface area contributed by atoms with Crippen molar-refractivity contribution in [2.24, 2.45) is 0 Å². The predicted molar refractivity (Wildman–Crippen MR) is 90.6 cm³/mol. The number of rotatable bonds is 4. The maximum atomic E-state index is 12.6. The molecule has 2 aromatic rings. The summed E-state index contributed by atoms with van der Waals surface area (Å²) in [6, 6.07) is 8.92. The molecule has 1 amide bonds. The Kier molecular flexibility index (Phi) is 4.92. The third kappa shape index (κ3) is 4.19. The third-order valence-corrected chi connectivity index (χ3v) is 3.80. The van der Waals surface area contributed by atoms with Crippen molar-refractivity contribution < 1.29 is 27.4 Å². The Morgan fingerprint density at radius 3 is 2.27 bits per heavy atom. The molecule has 3 rings (SSSR count). The van der Waals surface area contributed by atoms with E-state index in [1.807, 2.05) is 0 Å². The van der Waals surface area contributed by atoms with Gasteiger partial charge in [-0.2, -0.15) is 13.2 Å². The lowest BCUT2D eigenvalue weighted by atomic mass is 10.2. The van der Waals surface area contributed by atoms with E-state index in [-0.39, 0.29) is 5.91 Å². The summed E-state index contributed by atoms with van der Waals surface area (Å²) in [6.45, 7) is 2.60. The highest BCUT2D eigenvalue weighted by molar-refractivity contribution is 5.96. The van der Waals surface area contributed by atoms with Crippen molar-refractivity contribution in [2.75, 3.05) is 23.8 Å². The second-order valence-corrected chi connectivity index (χ2v) is 5.79. The molecular weight excluding hydrogens is 349 g/mol. The smallest absolute Gasteiger partial charge is 0.416 e. The Morgan fingerprint density at radius 1 is 1.00 bits per heavy atom. The fourth-order valence-electron chi connectivity index (χ4n) is 2.44. The number of alkyl halides is 3. The van der Waals surface area contributed by atoms with Crippen LogP contribution >= 0.6 is 0 Å². The molecule has 0 aromatic heterocycles. The fraction of sp³-hybridized carbons (Fsp3) is 0.278. The molecular formula is C18H17F3N2O3. The summed E-state index contributed by atoms with van der Waals surface area (Å²) in [5, 5.41) is 5.60. The van der Waals surface area contributed by atoms with Gasteiger partial charge in [-0.05, 0) is 43.3 Å². The topological polar surface area (TPSA) is 59.6 Å². The van der Waals surface area contributed by atoms with E-state index in [2.05, 4.69) is 10.6 Å². The molecule has 8 heteroatoms. The van der Waals surface area contributed by atoms with Crippen LogP contribution < -0.4 is 20.1 Å². The van der Waals surface area contributed by atoms with Crippen molar-refractivity contribution in [3.8, 4) is 11.5 Å². The van der Waals surface area contributed by atoms with Gasteiger partial charge in [0, 0.05) is 17.4 Å². The van der Waals surface area contributed by atoms with Crippen LogP contribution in [-0.4, -0.2) is 25.2 Å². The number of fused-ring (bicyclic) bond motifs is 1. The second kappa shape index (κ2) is 7.15. The van der Waals surface area contributed by atoms with Gasteiger partial charge in [-0.15, -0.1) is 0 Å². The average molecular weight is 366 g/mol. The van der Waals surface area contributed by atoms with Crippen LogP contribution in [-0.2, 0) is 11.0 Å². The zero-order chi connectivity index (χ0) is 18.7. The van der Waals surface area contributed by atoms with Crippen molar-refractivity contribution in [3.05, 3.63) is 48.0 Å². The Hall–Kier alpha value is -2.90. The summed E-state index contributed by atoms with van der Waals surface area (Å²) in [5.41, 5.74) is 0.195. The number of hydrogen-bond donors (Lipinski definition) is 2. The Morgan fingerprint density at radius 2 is 1.62 bits per heavy atom. The van der Waals surface area contributed by atoms with E-state index in [0.29, 0.717) is 36.1 Å². The molecule has 1 aliphatic rings. The minimum absolute atomic E-state index is 0.291. The Labute approximate surface area is 148 Å². The summed E-state index contributed by atoms with van der Waals surface area (Å²) >= 11 is 0. The summed E-state index contributed by atoms with van der Waals surface area (Å²) in [6.07, 6.45) is -4.41. The second-order valence-electron chi connectivity index (χ2n) is 5.79. The first-order valence-corrected chi connectivity index (χ1v) is 7.97. The van der Waals surface area contributed by atoms with Crippen LogP contribution in [0.15, 0.2) is 42.5 Å². The molecule has 26 heavy (non-hydrogen) atoms. The van der Waals surface area contributed by atoms with E-state index in [9.17, 15) is 18.0 Å². The van der Waals surface area contributed by atoms with E-state index in [4.69, 9.17) is 9.47 Å². The molecule has 0 fully saturated rings. The van der Waals surface area contributed by atoms with Crippen LogP contribution in [0, 0.1) is 0 Å². The first-order valence-electron chi connectivity index (χ1n) is 7.97. The van der Waals surface area contributed by atoms with Crippen molar-refractivity contribution in [1.29, 1.82) is 0 Å². The van der Waals surface area contributed by atoms with Crippen LogP contribution in [0.1, 0.15) is 12.5 Å². The molecule has 5 nitrogen and oxygen atoms in total. The molecule has 0 bridgehead atoms. The summed E-state index contributed by atoms with van der Waals surface area (Å²) in [7, 11) is 0. The number of carbonyl (C=O) groups excluding carboxylic acids is 1. The molecule has 0 radical (unpaired) electrons. The van der Waals surface area contributed by atoms with Gasteiger partial charge in [0.15, 0.2) is 11.5 Å². The number of hydrogen-bond acceptors (Lipinski definition) is 4. The number of carbonyl (C=O) groups is 1. The van der Waals surface area contributed by atoms with Crippen molar-refractivity contribution >= 4 is 17.3 Å². The maximum absolute atomic E-state index is 12.6. The highest BCUT2D eigenvalue weighted by atomic mass is 19.4. The standard InChI is InChI=1S/C18H17F3N2O3/c1-11(22-14-6-7-15-16(10-14)26-9-8-25-15)17(24)23-13-4-2-12(3-5-13)18(19,20)21/h2-7,10-11,22H,8-9H2,1H3,(H,23,24)/t11-/m1/s1. The minimum Gasteiger partial charge on any atom is -0.486 e. The molecule has 1 atom stereocenters. The summed E-state index contributed by atoms with van der Waals surface area (Å²) in [4.78, 5) is 12.2. The molecule has 2 aromatic carbocycles. The molecule has 138 valence electrons. The lowest BCUT2D eigenvalue weighted by molar-refractivity contribution is -0.137. The van der Waals surface area contributed by atoms with Crippen molar-refractivity contribution in [3.63, 3.8) is 0 Å². The summed E-state index contributed by atoms with van der Waals surface area (Å²) in [5.74, 6) is 0.861. The maximum Gasteiger partial charge on any atom is 0.416 e. The zero-order valence-corrected chi connectivity index (χ0v) is 13.9. The van der Waals surface area contributed by atoms with Crippen LogP contribution in [0.3, 0.4) is 0 Å². The quantitative estimate of drug-likeness (QED) is 0.861. The average Bonchev–Trinajstić information content (AvgIpc) is 2.61. The lowest BCUT2D eigenvalue weighted by Gasteiger charge is -2.20. The summed E-state index contributed by atoms with van der Waals surface area (Å²) < 4.78 is 48.6. The Bertz CT molecular complexity index is 791. The number of anilines is 2. The largest absolute Gasteiger partial charge is 0.486 e. The van der Waals surface area contributed by atoms with E-state index in [1.54, 1.807) is 25.1 Å². The van der Waals surface area contributed by atoms with Crippen molar-refractivity contribution in [2.45, 2.75) is 19.1 Å². The first-order chi connectivity index (χ1) is 12.3. The molecule has 0 saturated heterocycles. The third-order valence-electron chi connectivity index (χ3n) is 3.80. The van der Waals surface area contributed by atoms with E-state index >= 15 is 0 Å².